The molecule has 0 saturated carbocycles. The summed E-state index contributed by atoms with van der Waals surface area (Å²) in [5, 5.41) is 7.01. The maximum absolute atomic E-state index is 12.0. The molecule has 18 heavy (non-hydrogen) atoms. The molecule has 0 fully saturated rings. The van der Waals surface area contributed by atoms with Gasteiger partial charge in [0, 0.05) is 11.9 Å². The Labute approximate surface area is 114 Å². The first-order chi connectivity index (χ1) is 8.65. The van der Waals surface area contributed by atoms with Gasteiger partial charge in [-0.15, -0.1) is 0 Å². The topological polar surface area (TPSA) is 46.9 Å². The third-order valence-corrected chi connectivity index (χ3v) is 2.96. The Morgan fingerprint density at radius 3 is 2.78 bits per heavy atom. The lowest BCUT2D eigenvalue weighted by molar-refractivity contribution is -0.119. The van der Waals surface area contributed by atoms with Gasteiger partial charge in [0.25, 0.3) is 0 Å². The first kappa shape index (κ1) is 12.8. The molecule has 1 amide bonds. The van der Waals surface area contributed by atoms with E-state index in [2.05, 4.69) is 26.3 Å². The predicted octanol–water partition coefficient (Wildman–Crippen LogP) is 2.92. The molecule has 1 unspecified atom stereocenters. The van der Waals surface area contributed by atoms with E-state index >= 15 is 0 Å². The number of para-hydroxylation sites is 1. The molecule has 0 aliphatic carbocycles. The van der Waals surface area contributed by atoms with Crippen LogP contribution in [0.15, 0.2) is 47.2 Å². The lowest BCUT2D eigenvalue weighted by Crippen LogP contribution is -2.24. The van der Waals surface area contributed by atoms with Gasteiger partial charge >= 0.3 is 0 Å². The van der Waals surface area contributed by atoms with E-state index in [1.807, 2.05) is 43.5 Å². The van der Waals surface area contributed by atoms with Crippen LogP contribution in [0.1, 0.15) is 6.92 Å². The summed E-state index contributed by atoms with van der Waals surface area (Å²) < 4.78 is 2.66. The molecule has 94 valence electrons. The van der Waals surface area contributed by atoms with Gasteiger partial charge in [0.2, 0.25) is 5.91 Å². The lowest BCUT2D eigenvalue weighted by atomic mass is 10.1. The first-order valence-electron chi connectivity index (χ1n) is 5.69. The number of carbonyl (C=O) groups excluding carboxylic acids is 1. The lowest BCUT2D eigenvalue weighted by Gasteiger charge is -2.12. The highest BCUT2D eigenvalue weighted by Gasteiger charge is 2.14. The number of hydrogen-bond donors (Lipinski definition) is 1. The molecule has 0 aliphatic heterocycles. The van der Waals surface area contributed by atoms with Crippen molar-refractivity contribution in [2.45, 2.75) is 13.5 Å². The van der Waals surface area contributed by atoms with Gasteiger partial charge in [-0.05, 0) is 28.1 Å². The number of rotatable bonds is 4. The molecule has 1 N–H and O–H groups in total. The third-order valence-electron chi connectivity index (χ3n) is 2.55. The minimum absolute atomic E-state index is 0.00665. The van der Waals surface area contributed by atoms with Crippen LogP contribution in [0.2, 0.25) is 0 Å². The van der Waals surface area contributed by atoms with E-state index in [0.29, 0.717) is 6.54 Å². The van der Waals surface area contributed by atoms with E-state index in [1.54, 1.807) is 10.9 Å². The number of nitrogens with zero attached hydrogens (tertiary/aromatic N) is 2. The van der Waals surface area contributed by atoms with Crippen LogP contribution in [0.3, 0.4) is 0 Å². The summed E-state index contributed by atoms with van der Waals surface area (Å²) in [7, 11) is 0. The molecular formula is C13H14BrN3O. The quantitative estimate of drug-likeness (QED) is 0.944. The standard InChI is InChI=1S/C13H14BrN3O/c1-10(8-17-9-11(14)7-15-17)13(18)16-12-5-3-2-4-6-12/h2-7,9-10H,8H2,1H3,(H,16,18). The molecule has 2 aromatic rings. The summed E-state index contributed by atoms with van der Waals surface area (Å²) in [5.41, 5.74) is 0.816. The summed E-state index contributed by atoms with van der Waals surface area (Å²) in [6.07, 6.45) is 3.56. The van der Waals surface area contributed by atoms with Crippen LogP contribution in [0, 0.1) is 5.92 Å². The molecule has 0 spiro atoms. The SMILES string of the molecule is CC(Cn1cc(Br)cn1)C(=O)Nc1ccccc1. The number of hydrogen-bond acceptors (Lipinski definition) is 2. The van der Waals surface area contributed by atoms with E-state index in [0.717, 1.165) is 10.2 Å². The number of carbonyl (C=O) groups is 1. The number of anilines is 1. The van der Waals surface area contributed by atoms with E-state index < -0.39 is 0 Å². The molecular weight excluding hydrogens is 294 g/mol. The largest absolute Gasteiger partial charge is 0.326 e. The monoisotopic (exact) mass is 307 g/mol. The van der Waals surface area contributed by atoms with Gasteiger partial charge in [0.05, 0.1) is 23.1 Å². The highest BCUT2D eigenvalue weighted by molar-refractivity contribution is 9.10. The second-order valence-electron chi connectivity index (χ2n) is 4.14. The van der Waals surface area contributed by atoms with Crippen molar-refractivity contribution in [1.29, 1.82) is 0 Å². The highest BCUT2D eigenvalue weighted by Crippen LogP contribution is 2.11. The zero-order valence-corrected chi connectivity index (χ0v) is 11.6. The number of amides is 1. The highest BCUT2D eigenvalue weighted by atomic mass is 79.9. The van der Waals surface area contributed by atoms with E-state index in [-0.39, 0.29) is 11.8 Å². The van der Waals surface area contributed by atoms with Gasteiger partial charge in [-0.2, -0.15) is 5.10 Å². The maximum Gasteiger partial charge on any atom is 0.229 e. The zero-order valence-electron chi connectivity index (χ0n) is 10.0. The molecule has 1 atom stereocenters. The minimum atomic E-state index is -0.142. The van der Waals surface area contributed by atoms with Crippen LogP contribution in [0.5, 0.6) is 0 Å². The normalized spacial score (nSPS) is 12.1. The fourth-order valence-corrected chi connectivity index (χ4v) is 1.92. The number of aromatic nitrogens is 2. The van der Waals surface area contributed by atoms with Crippen LogP contribution >= 0.6 is 15.9 Å². The van der Waals surface area contributed by atoms with Gasteiger partial charge < -0.3 is 5.32 Å². The van der Waals surface area contributed by atoms with Crippen LogP contribution in [0.4, 0.5) is 5.69 Å². The van der Waals surface area contributed by atoms with Crippen molar-refractivity contribution in [1.82, 2.24) is 9.78 Å². The van der Waals surface area contributed by atoms with Crippen molar-refractivity contribution in [2.24, 2.45) is 5.92 Å². The molecule has 1 heterocycles. The summed E-state index contributed by atoms with van der Waals surface area (Å²) in [5.74, 6) is -0.148. The molecule has 0 saturated heterocycles. The van der Waals surface area contributed by atoms with Crippen molar-refractivity contribution in [3.63, 3.8) is 0 Å². The Kier molecular flexibility index (Phi) is 4.15. The summed E-state index contributed by atoms with van der Waals surface area (Å²) in [4.78, 5) is 12.0. The Hall–Kier alpha value is -1.62. The van der Waals surface area contributed by atoms with Gasteiger partial charge in [0.15, 0.2) is 0 Å². The molecule has 4 nitrogen and oxygen atoms in total. The minimum Gasteiger partial charge on any atom is -0.326 e. The molecule has 1 aromatic carbocycles. The number of halogens is 1. The van der Waals surface area contributed by atoms with Crippen molar-refractivity contribution in [3.8, 4) is 0 Å². The van der Waals surface area contributed by atoms with Gasteiger partial charge in [0.1, 0.15) is 0 Å². The van der Waals surface area contributed by atoms with Gasteiger partial charge in [-0.1, -0.05) is 25.1 Å². The molecule has 5 heteroatoms. The molecule has 1 aromatic heterocycles. The second kappa shape index (κ2) is 5.82. The fraction of sp³-hybridized carbons (Fsp3) is 0.231. The fourth-order valence-electron chi connectivity index (χ4n) is 1.59. The Morgan fingerprint density at radius 2 is 2.17 bits per heavy atom. The maximum atomic E-state index is 12.0. The molecule has 0 bridgehead atoms. The molecule has 0 radical (unpaired) electrons. The summed E-state index contributed by atoms with van der Waals surface area (Å²) in [6.45, 7) is 2.44. The Balaban J connectivity index is 1.93. The van der Waals surface area contributed by atoms with Crippen molar-refractivity contribution < 1.29 is 4.79 Å². The summed E-state index contributed by atoms with van der Waals surface area (Å²) in [6, 6.07) is 9.44. The molecule has 2 rings (SSSR count). The van der Waals surface area contributed by atoms with Crippen molar-refractivity contribution in [2.75, 3.05) is 5.32 Å². The Bertz CT molecular complexity index is 524. The van der Waals surface area contributed by atoms with Gasteiger partial charge in [-0.25, -0.2) is 0 Å². The van der Waals surface area contributed by atoms with Crippen LogP contribution in [0.25, 0.3) is 0 Å². The third kappa shape index (κ3) is 3.43. The van der Waals surface area contributed by atoms with Crippen LogP contribution in [-0.4, -0.2) is 15.7 Å². The van der Waals surface area contributed by atoms with Gasteiger partial charge in [-0.3, -0.25) is 9.48 Å². The van der Waals surface area contributed by atoms with Crippen LogP contribution in [-0.2, 0) is 11.3 Å². The van der Waals surface area contributed by atoms with Crippen LogP contribution < -0.4 is 5.32 Å². The summed E-state index contributed by atoms with van der Waals surface area (Å²) >= 11 is 3.33. The van der Waals surface area contributed by atoms with E-state index in [1.165, 1.54) is 0 Å². The second-order valence-corrected chi connectivity index (χ2v) is 5.05. The average Bonchev–Trinajstić information content (AvgIpc) is 2.76. The van der Waals surface area contributed by atoms with E-state index in [9.17, 15) is 4.79 Å². The predicted molar refractivity (Wildman–Crippen MR) is 74.2 cm³/mol. The van der Waals surface area contributed by atoms with Crippen molar-refractivity contribution >= 4 is 27.5 Å². The van der Waals surface area contributed by atoms with Crippen molar-refractivity contribution in [3.05, 3.63) is 47.2 Å². The molecule has 0 aliphatic rings. The number of nitrogens with one attached hydrogen (secondary N) is 1. The number of benzene rings is 1. The average molecular weight is 308 g/mol. The first-order valence-corrected chi connectivity index (χ1v) is 6.48. The smallest absolute Gasteiger partial charge is 0.229 e. The van der Waals surface area contributed by atoms with E-state index in [4.69, 9.17) is 0 Å². The Morgan fingerprint density at radius 1 is 1.44 bits per heavy atom. The zero-order chi connectivity index (χ0) is 13.0.